The van der Waals surface area contributed by atoms with Crippen molar-refractivity contribution in [2.24, 2.45) is 5.92 Å². The van der Waals surface area contributed by atoms with E-state index in [1.807, 2.05) is 15.0 Å². The molecule has 6 nitrogen and oxygen atoms in total. The van der Waals surface area contributed by atoms with Crippen molar-refractivity contribution >= 4 is 17.2 Å². The predicted octanol–water partition coefficient (Wildman–Crippen LogP) is 3.52. The van der Waals surface area contributed by atoms with Gasteiger partial charge in [-0.2, -0.15) is 5.10 Å². The summed E-state index contributed by atoms with van der Waals surface area (Å²) >= 11 is 1.48. The molecule has 0 spiro atoms. The first kappa shape index (κ1) is 20.3. The topological polar surface area (TPSA) is 63.1 Å². The third-order valence-corrected chi connectivity index (χ3v) is 6.66. The molecule has 162 valence electrons. The van der Waals surface area contributed by atoms with Crippen LogP contribution in [0.4, 0.5) is 8.78 Å². The number of benzene rings is 1. The molecule has 1 amide bonds. The fourth-order valence-corrected chi connectivity index (χ4v) is 4.60. The van der Waals surface area contributed by atoms with E-state index in [1.165, 1.54) is 42.4 Å². The Kier molecular flexibility index (Phi) is 5.54. The third-order valence-electron chi connectivity index (χ3n) is 5.88. The number of hydrogen-bond donors (Lipinski definition) is 1. The Bertz CT molecular complexity index is 1070. The molecule has 9 heteroatoms. The minimum absolute atomic E-state index is 0.0612. The average Bonchev–Trinajstić information content (AvgIpc) is 3.29. The molecule has 3 aromatic rings. The summed E-state index contributed by atoms with van der Waals surface area (Å²) < 4.78 is 30.3. The van der Waals surface area contributed by atoms with Gasteiger partial charge in [-0.3, -0.25) is 14.4 Å². The maximum absolute atomic E-state index is 14.1. The van der Waals surface area contributed by atoms with Crippen LogP contribution < -0.4 is 5.32 Å². The summed E-state index contributed by atoms with van der Waals surface area (Å²) in [4.78, 5) is 19.1. The Labute approximate surface area is 182 Å². The molecule has 31 heavy (non-hydrogen) atoms. The van der Waals surface area contributed by atoms with Crippen molar-refractivity contribution in [3.05, 3.63) is 68.9 Å². The SMILES string of the molecule is O=C(NCc1nccs1)c1nn(CC2CC2)c2c1CN(Cc1c(F)cccc1F)CC2. The van der Waals surface area contributed by atoms with E-state index in [1.54, 1.807) is 6.20 Å². The van der Waals surface area contributed by atoms with Crippen LogP contribution in [0.2, 0.25) is 0 Å². The maximum Gasteiger partial charge on any atom is 0.272 e. The van der Waals surface area contributed by atoms with Gasteiger partial charge in [0.05, 0.1) is 6.54 Å². The van der Waals surface area contributed by atoms with E-state index in [4.69, 9.17) is 0 Å². The Hall–Kier alpha value is -2.65. The molecule has 2 aromatic heterocycles. The van der Waals surface area contributed by atoms with Gasteiger partial charge in [-0.1, -0.05) is 6.07 Å². The number of fused-ring (bicyclic) bond motifs is 1. The molecule has 1 aliphatic heterocycles. The number of thiazole rings is 1. The van der Waals surface area contributed by atoms with Crippen molar-refractivity contribution in [2.75, 3.05) is 6.54 Å². The summed E-state index contributed by atoms with van der Waals surface area (Å²) in [7, 11) is 0. The number of nitrogens with zero attached hydrogens (tertiary/aromatic N) is 4. The highest BCUT2D eigenvalue weighted by Crippen LogP contribution is 2.33. The van der Waals surface area contributed by atoms with Crippen molar-refractivity contribution < 1.29 is 13.6 Å². The van der Waals surface area contributed by atoms with Crippen LogP contribution in [0.5, 0.6) is 0 Å². The first-order chi connectivity index (χ1) is 15.1. The summed E-state index contributed by atoms with van der Waals surface area (Å²) in [5.41, 5.74) is 2.40. The van der Waals surface area contributed by atoms with Crippen molar-refractivity contribution in [3.63, 3.8) is 0 Å². The molecular formula is C22H23F2N5OS. The Balaban J connectivity index is 1.38. The number of halogens is 2. The van der Waals surface area contributed by atoms with Gasteiger partial charge in [0.25, 0.3) is 5.91 Å². The Morgan fingerprint density at radius 2 is 2.06 bits per heavy atom. The standard InChI is InChI=1S/C22H23F2N5OS/c23-17-2-1-3-18(24)15(17)12-28-8-6-19-16(13-28)21(27-29(19)11-14-4-5-14)22(30)26-10-20-25-7-9-31-20/h1-3,7,9,14H,4-6,8,10-13H2,(H,26,30). The van der Waals surface area contributed by atoms with Gasteiger partial charge in [0, 0.05) is 61.0 Å². The molecule has 1 saturated carbocycles. The molecule has 0 bridgehead atoms. The van der Waals surface area contributed by atoms with E-state index in [0.29, 0.717) is 37.7 Å². The third kappa shape index (κ3) is 4.38. The molecule has 1 aliphatic carbocycles. The number of nitrogens with one attached hydrogen (secondary N) is 1. The van der Waals surface area contributed by atoms with Gasteiger partial charge >= 0.3 is 0 Å². The van der Waals surface area contributed by atoms with Crippen LogP contribution in [0.25, 0.3) is 0 Å². The fraction of sp³-hybridized carbons (Fsp3) is 0.409. The normalized spacial score (nSPS) is 16.3. The number of amides is 1. The van der Waals surface area contributed by atoms with Gasteiger partial charge in [0.15, 0.2) is 5.69 Å². The molecule has 2 aliphatic rings. The van der Waals surface area contributed by atoms with Crippen LogP contribution in [0.1, 0.15) is 45.2 Å². The van der Waals surface area contributed by atoms with Crippen molar-refractivity contribution in [3.8, 4) is 0 Å². The summed E-state index contributed by atoms with van der Waals surface area (Å²) in [6.07, 6.45) is 4.79. The summed E-state index contributed by atoms with van der Waals surface area (Å²) in [5, 5.41) is 10.3. The Morgan fingerprint density at radius 1 is 1.26 bits per heavy atom. The second-order valence-electron chi connectivity index (χ2n) is 8.17. The average molecular weight is 444 g/mol. The van der Waals surface area contributed by atoms with Gasteiger partial charge in [-0.05, 0) is 30.9 Å². The maximum atomic E-state index is 14.1. The monoisotopic (exact) mass is 443 g/mol. The van der Waals surface area contributed by atoms with E-state index in [0.717, 1.165) is 22.8 Å². The van der Waals surface area contributed by atoms with Crippen LogP contribution in [0.15, 0.2) is 29.8 Å². The lowest BCUT2D eigenvalue weighted by molar-refractivity contribution is 0.0942. The molecular weight excluding hydrogens is 420 g/mol. The molecule has 5 rings (SSSR count). The lowest BCUT2D eigenvalue weighted by Gasteiger charge is -2.28. The van der Waals surface area contributed by atoms with E-state index in [-0.39, 0.29) is 18.0 Å². The van der Waals surface area contributed by atoms with E-state index in [9.17, 15) is 13.6 Å². The number of carbonyl (C=O) groups is 1. The van der Waals surface area contributed by atoms with E-state index < -0.39 is 11.6 Å². The highest BCUT2D eigenvalue weighted by molar-refractivity contribution is 7.09. The molecule has 0 saturated heterocycles. The van der Waals surface area contributed by atoms with Crippen LogP contribution in [-0.4, -0.2) is 32.1 Å². The van der Waals surface area contributed by atoms with Gasteiger partial charge in [0.2, 0.25) is 0 Å². The summed E-state index contributed by atoms with van der Waals surface area (Å²) in [6.45, 7) is 2.44. The van der Waals surface area contributed by atoms with Gasteiger partial charge in [-0.15, -0.1) is 11.3 Å². The summed E-state index contributed by atoms with van der Waals surface area (Å²) in [6, 6.07) is 3.92. The molecule has 0 radical (unpaired) electrons. The predicted molar refractivity (Wildman–Crippen MR) is 112 cm³/mol. The lowest BCUT2D eigenvalue weighted by atomic mass is 10.0. The first-order valence-corrected chi connectivity index (χ1v) is 11.4. The number of carbonyl (C=O) groups excluding carboxylic acids is 1. The summed E-state index contributed by atoms with van der Waals surface area (Å²) in [5.74, 6) is -0.700. The van der Waals surface area contributed by atoms with Crippen LogP contribution >= 0.6 is 11.3 Å². The molecule has 0 unspecified atom stereocenters. The number of rotatable bonds is 7. The zero-order valence-corrected chi connectivity index (χ0v) is 17.8. The van der Waals surface area contributed by atoms with Gasteiger partial charge < -0.3 is 5.32 Å². The molecule has 1 N–H and O–H groups in total. The van der Waals surface area contributed by atoms with Gasteiger partial charge in [0.1, 0.15) is 16.6 Å². The first-order valence-electron chi connectivity index (χ1n) is 10.5. The van der Waals surface area contributed by atoms with E-state index >= 15 is 0 Å². The fourth-order valence-electron chi connectivity index (χ4n) is 4.05. The minimum atomic E-state index is -0.545. The number of aromatic nitrogens is 3. The zero-order valence-electron chi connectivity index (χ0n) is 17.0. The van der Waals surface area contributed by atoms with Crippen molar-refractivity contribution in [1.29, 1.82) is 0 Å². The largest absolute Gasteiger partial charge is 0.344 e. The second kappa shape index (κ2) is 8.47. The quantitative estimate of drug-likeness (QED) is 0.607. The smallest absolute Gasteiger partial charge is 0.272 e. The second-order valence-corrected chi connectivity index (χ2v) is 9.15. The molecule has 1 aromatic carbocycles. The van der Waals surface area contributed by atoms with Crippen molar-refractivity contribution in [2.45, 2.75) is 45.4 Å². The highest BCUT2D eigenvalue weighted by atomic mass is 32.1. The van der Waals surface area contributed by atoms with Gasteiger partial charge in [-0.25, -0.2) is 13.8 Å². The minimum Gasteiger partial charge on any atom is -0.344 e. The van der Waals surface area contributed by atoms with Crippen molar-refractivity contribution in [1.82, 2.24) is 25.0 Å². The number of hydrogen-bond acceptors (Lipinski definition) is 5. The van der Waals surface area contributed by atoms with Crippen LogP contribution in [0, 0.1) is 17.6 Å². The molecule has 0 atom stereocenters. The van der Waals surface area contributed by atoms with Crippen LogP contribution in [-0.2, 0) is 32.6 Å². The van der Waals surface area contributed by atoms with Crippen LogP contribution in [0.3, 0.4) is 0 Å². The molecule has 3 heterocycles. The zero-order chi connectivity index (χ0) is 21.4. The Morgan fingerprint density at radius 3 is 2.77 bits per heavy atom. The lowest BCUT2D eigenvalue weighted by Crippen LogP contribution is -2.33. The molecule has 1 fully saturated rings. The van der Waals surface area contributed by atoms with E-state index in [2.05, 4.69) is 15.4 Å². The highest BCUT2D eigenvalue weighted by Gasteiger charge is 2.31.